The molecule has 0 spiro atoms. The van der Waals surface area contributed by atoms with Gasteiger partial charge in [0.15, 0.2) is 0 Å². The molecule has 1 amide bonds. The second-order valence-electron chi connectivity index (χ2n) is 3.60. The summed E-state index contributed by atoms with van der Waals surface area (Å²) in [5.74, 6) is -0.0683. The Labute approximate surface area is 101 Å². The Morgan fingerprint density at radius 2 is 1.82 bits per heavy atom. The SMILES string of the molecule is CCS(=O)(=O)NCc1ccc(NC(C)=O)cc1. The van der Waals surface area contributed by atoms with Gasteiger partial charge in [0.05, 0.1) is 5.75 Å². The van der Waals surface area contributed by atoms with E-state index in [0.29, 0.717) is 5.69 Å². The number of carbonyl (C=O) groups excluding carboxylic acids is 1. The Morgan fingerprint density at radius 3 is 2.29 bits per heavy atom. The van der Waals surface area contributed by atoms with E-state index in [0.717, 1.165) is 5.56 Å². The third kappa shape index (κ3) is 4.97. The van der Waals surface area contributed by atoms with Gasteiger partial charge in [-0.3, -0.25) is 4.79 Å². The number of nitrogens with one attached hydrogen (secondary N) is 2. The van der Waals surface area contributed by atoms with E-state index in [-0.39, 0.29) is 18.2 Å². The third-order valence-corrected chi connectivity index (χ3v) is 3.49. The Balaban J connectivity index is 2.60. The second kappa shape index (κ2) is 5.79. The molecule has 0 saturated carbocycles. The first-order valence-electron chi connectivity index (χ1n) is 5.27. The van der Waals surface area contributed by atoms with Gasteiger partial charge < -0.3 is 5.32 Å². The number of amides is 1. The van der Waals surface area contributed by atoms with Crippen LogP contribution in [0.15, 0.2) is 24.3 Å². The van der Waals surface area contributed by atoms with Crippen molar-refractivity contribution in [1.82, 2.24) is 4.72 Å². The highest BCUT2D eigenvalue weighted by molar-refractivity contribution is 7.89. The average Bonchev–Trinajstić information content (AvgIpc) is 2.28. The van der Waals surface area contributed by atoms with Crippen LogP contribution < -0.4 is 10.0 Å². The zero-order valence-electron chi connectivity index (χ0n) is 9.86. The van der Waals surface area contributed by atoms with Gasteiger partial charge in [-0.2, -0.15) is 0 Å². The smallest absolute Gasteiger partial charge is 0.221 e. The van der Waals surface area contributed by atoms with Gasteiger partial charge in [0, 0.05) is 19.2 Å². The highest BCUT2D eigenvalue weighted by Crippen LogP contribution is 2.09. The normalized spacial score (nSPS) is 11.2. The predicted molar refractivity (Wildman–Crippen MR) is 67.0 cm³/mol. The lowest BCUT2D eigenvalue weighted by Gasteiger charge is -2.06. The van der Waals surface area contributed by atoms with E-state index in [4.69, 9.17) is 0 Å². The van der Waals surface area contributed by atoms with Crippen LogP contribution in [0.4, 0.5) is 5.69 Å². The molecule has 1 aromatic rings. The molecule has 0 saturated heterocycles. The van der Waals surface area contributed by atoms with Crippen LogP contribution in [0.25, 0.3) is 0 Å². The summed E-state index contributed by atoms with van der Waals surface area (Å²) < 4.78 is 24.9. The van der Waals surface area contributed by atoms with Gasteiger partial charge in [-0.05, 0) is 24.6 Å². The summed E-state index contributed by atoms with van der Waals surface area (Å²) >= 11 is 0. The minimum absolute atomic E-state index is 0.0664. The molecule has 2 N–H and O–H groups in total. The van der Waals surface area contributed by atoms with Crippen molar-refractivity contribution in [3.05, 3.63) is 29.8 Å². The van der Waals surface area contributed by atoms with E-state index in [1.807, 2.05) is 0 Å². The molecule has 0 unspecified atom stereocenters. The van der Waals surface area contributed by atoms with Crippen molar-refractivity contribution in [1.29, 1.82) is 0 Å². The minimum Gasteiger partial charge on any atom is -0.326 e. The number of benzene rings is 1. The Kier molecular flexibility index (Phi) is 4.65. The minimum atomic E-state index is -3.17. The quantitative estimate of drug-likeness (QED) is 0.828. The van der Waals surface area contributed by atoms with Gasteiger partial charge in [0.25, 0.3) is 0 Å². The molecule has 6 heteroatoms. The fourth-order valence-electron chi connectivity index (χ4n) is 1.20. The van der Waals surface area contributed by atoms with Crippen molar-refractivity contribution < 1.29 is 13.2 Å². The molecule has 17 heavy (non-hydrogen) atoms. The molecule has 5 nitrogen and oxygen atoms in total. The van der Waals surface area contributed by atoms with E-state index >= 15 is 0 Å². The Morgan fingerprint density at radius 1 is 1.24 bits per heavy atom. The van der Waals surface area contributed by atoms with E-state index in [1.165, 1.54) is 6.92 Å². The predicted octanol–water partition coefficient (Wildman–Crippen LogP) is 1.08. The zero-order chi connectivity index (χ0) is 12.9. The molecule has 1 rings (SSSR count). The maximum atomic E-state index is 11.2. The summed E-state index contributed by atoms with van der Waals surface area (Å²) in [5.41, 5.74) is 1.54. The molecule has 0 aliphatic carbocycles. The summed E-state index contributed by atoms with van der Waals surface area (Å²) in [6.45, 7) is 3.28. The van der Waals surface area contributed by atoms with E-state index in [9.17, 15) is 13.2 Å². The lowest BCUT2D eigenvalue weighted by Crippen LogP contribution is -2.24. The van der Waals surface area contributed by atoms with Crippen molar-refractivity contribution in [2.45, 2.75) is 20.4 Å². The topological polar surface area (TPSA) is 75.3 Å². The van der Waals surface area contributed by atoms with Crippen molar-refractivity contribution in [2.24, 2.45) is 0 Å². The van der Waals surface area contributed by atoms with Crippen LogP contribution >= 0.6 is 0 Å². The molecule has 0 fully saturated rings. The second-order valence-corrected chi connectivity index (χ2v) is 5.70. The Bertz CT molecular complexity index is 480. The van der Waals surface area contributed by atoms with Crippen molar-refractivity contribution in [3.8, 4) is 0 Å². The molecule has 1 aromatic carbocycles. The molecule has 0 heterocycles. The van der Waals surface area contributed by atoms with Crippen LogP contribution in [-0.2, 0) is 21.4 Å². The molecule has 0 atom stereocenters. The number of hydrogen-bond acceptors (Lipinski definition) is 3. The molecule has 0 aliphatic rings. The lowest BCUT2D eigenvalue weighted by atomic mass is 10.2. The van der Waals surface area contributed by atoms with Gasteiger partial charge >= 0.3 is 0 Å². The number of sulfonamides is 1. The fraction of sp³-hybridized carbons (Fsp3) is 0.364. The fourth-order valence-corrected chi connectivity index (χ4v) is 1.80. The van der Waals surface area contributed by atoms with Gasteiger partial charge in [-0.1, -0.05) is 12.1 Å². The molecular weight excluding hydrogens is 240 g/mol. The number of hydrogen-bond donors (Lipinski definition) is 2. The van der Waals surface area contributed by atoms with E-state index < -0.39 is 10.0 Å². The van der Waals surface area contributed by atoms with Crippen LogP contribution in [0, 0.1) is 0 Å². The van der Waals surface area contributed by atoms with Crippen LogP contribution in [0.3, 0.4) is 0 Å². The number of rotatable bonds is 5. The van der Waals surface area contributed by atoms with Gasteiger partial charge in [-0.15, -0.1) is 0 Å². The average molecular weight is 256 g/mol. The molecule has 0 bridgehead atoms. The van der Waals surface area contributed by atoms with Crippen LogP contribution in [0.5, 0.6) is 0 Å². The monoisotopic (exact) mass is 256 g/mol. The standard InChI is InChI=1S/C11H16N2O3S/c1-3-17(15,16)12-8-10-4-6-11(7-5-10)13-9(2)14/h4-7,12H,3,8H2,1-2H3,(H,13,14). The van der Waals surface area contributed by atoms with E-state index in [1.54, 1.807) is 31.2 Å². The van der Waals surface area contributed by atoms with Crippen molar-refractivity contribution >= 4 is 21.6 Å². The molecule has 94 valence electrons. The van der Waals surface area contributed by atoms with Crippen LogP contribution in [0.2, 0.25) is 0 Å². The van der Waals surface area contributed by atoms with Crippen LogP contribution in [-0.4, -0.2) is 20.1 Å². The van der Waals surface area contributed by atoms with Crippen LogP contribution in [0.1, 0.15) is 19.4 Å². The summed E-state index contributed by atoms with van der Waals surface area (Å²) in [6.07, 6.45) is 0. The van der Waals surface area contributed by atoms with Gasteiger partial charge in [-0.25, -0.2) is 13.1 Å². The Hall–Kier alpha value is -1.40. The number of carbonyl (C=O) groups is 1. The maximum Gasteiger partial charge on any atom is 0.221 e. The van der Waals surface area contributed by atoms with Crippen molar-refractivity contribution in [2.75, 3.05) is 11.1 Å². The zero-order valence-corrected chi connectivity index (χ0v) is 10.7. The molecular formula is C11H16N2O3S. The summed E-state index contributed by atoms with van der Waals surface area (Å²) in [6, 6.07) is 7.00. The summed E-state index contributed by atoms with van der Waals surface area (Å²) in [5, 5.41) is 2.64. The maximum absolute atomic E-state index is 11.2. The molecule has 0 aromatic heterocycles. The van der Waals surface area contributed by atoms with Gasteiger partial charge in [0.1, 0.15) is 0 Å². The lowest BCUT2D eigenvalue weighted by molar-refractivity contribution is -0.114. The molecule has 0 radical (unpaired) electrons. The first-order valence-corrected chi connectivity index (χ1v) is 6.92. The molecule has 0 aliphatic heterocycles. The first kappa shape index (κ1) is 13.7. The summed E-state index contributed by atoms with van der Waals surface area (Å²) in [7, 11) is -3.17. The largest absolute Gasteiger partial charge is 0.326 e. The number of anilines is 1. The summed E-state index contributed by atoms with van der Waals surface area (Å²) in [4.78, 5) is 10.8. The third-order valence-electron chi connectivity index (χ3n) is 2.15. The van der Waals surface area contributed by atoms with Gasteiger partial charge in [0.2, 0.25) is 15.9 Å². The highest BCUT2D eigenvalue weighted by atomic mass is 32.2. The highest BCUT2D eigenvalue weighted by Gasteiger charge is 2.05. The van der Waals surface area contributed by atoms with Crippen molar-refractivity contribution in [3.63, 3.8) is 0 Å². The first-order chi connectivity index (χ1) is 7.93. The van der Waals surface area contributed by atoms with E-state index in [2.05, 4.69) is 10.0 Å².